The van der Waals surface area contributed by atoms with E-state index in [1.54, 1.807) is 20.9 Å². The summed E-state index contributed by atoms with van der Waals surface area (Å²) >= 11 is 0. The molecule has 2 bridgehead atoms. The Morgan fingerprint density at radius 3 is 2.48 bits per heavy atom. The number of nitrogens with two attached hydrogens (primary N) is 1. The summed E-state index contributed by atoms with van der Waals surface area (Å²) in [6, 6.07) is 1.68. The molecule has 1 aromatic heterocycles. The molecule has 1 amide bonds. The number of aromatic nitrogens is 2. The largest absolute Gasteiger partial charge is 0.348 e. The van der Waals surface area contributed by atoms with E-state index in [0.29, 0.717) is 44.5 Å². The predicted octanol–water partition coefficient (Wildman–Crippen LogP) is 0.432. The van der Waals surface area contributed by atoms with Crippen LogP contribution in [0.15, 0.2) is 12.3 Å². The Hall–Kier alpha value is -1.62. The van der Waals surface area contributed by atoms with Gasteiger partial charge in [0.1, 0.15) is 0 Å². The number of nitrogens with zero attached hydrogens (tertiary/aromatic N) is 4. The molecule has 0 unspecified atom stereocenters. The molecule has 0 saturated carbocycles. The number of carbonyl (C=O) groups is 1. The van der Waals surface area contributed by atoms with Crippen LogP contribution >= 0.6 is 0 Å². The third-order valence-corrected chi connectivity index (χ3v) is 8.59. The van der Waals surface area contributed by atoms with Crippen molar-refractivity contribution in [2.24, 2.45) is 5.73 Å². The maximum Gasteiger partial charge on any atom is 0.282 e. The number of hydrogen-bond donors (Lipinski definition) is 2. The molecule has 3 atom stereocenters. The molecule has 0 spiro atoms. The van der Waals surface area contributed by atoms with Gasteiger partial charge in [0.05, 0.1) is 6.20 Å². The van der Waals surface area contributed by atoms with Crippen LogP contribution in [0, 0.1) is 0 Å². The van der Waals surface area contributed by atoms with Gasteiger partial charge in [-0.3, -0.25) is 4.79 Å². The number of rotatable bonds is 5. The topological polar surface area (TPSA) is 122 Å². The number of aryl methyl sites for hydroxylation is 1. The molecule has 3 aliphatic rings. The SMILES string of the molecule is CCc1cnnc(C(=O)N[C@@H]2C[C@H]3CC[C@@H](C2)N3S(=O)(=O)N2CCC(N)CC2)c1. The Balaban J connectivity index is 1.42. The summed E-state index contributed by atoms with van der Waals surface area (Å²) in [6.07, 6.45) is 6.82. The summed E-state index contributed by atoms with van der Waals surface area (Å²) in [5.74, 6) is -0.237. The Morgan fingerprint density at radius 1 is 1.21 bits per heavy atom. The molecule has 10 heteroatoms. The van der Waals surface area contributed by atoms with Crippen molar-refractivity contribution in [3.63, 3.8) is 0 Å². The fourth-order valence-electron chi connectivity index (χ4n) is 4.84. The van der Waals surface area contributed by atoms with Crippen LogP contribution in [-0.2, 0) is 16.6 Å². The minimum atomic E-state index is -3.48. The van der Waals surface area contributed by atoms with Crippen LogP contribution in [0.2, 0.25) is 0 Å². The lowest BCUT2D eigenvalue weighted by molar-refractivity contribution is 0.0900. The molecule has 9 nitrogen and oxygen atoms in total. The van der Waals surface area contributed by atoms with E-state index < -0.39 is 10.2 Å². The van der Waals surface area contributed by atoms with Gasteiger partial charge in [-0.15, -0.1) is 5.10 Å². The minimum Gasteiger partial charge on any atom is -0.348 e. The maximum atomic E-state index is 13.2. The Morgan fingerprint density at radius 2 is 1.86 bits per heavy atom. The molecule has 160 valence electrons. The smallest absolute Gasteiger partial charge is 0.282 e. The molecule has 3 saturated heterocycles. The van der Waals surface area contributed by atoms with Gasteiger partial charge in [-0.1, -0.05) is 6.92 Å². The van der Waals surface area contributed by atoms with Gasteiger partial charge in [-0.25, -0.2) is 0 Å². The second kappa shape index (κ2) is 8.25. The lowest BCUT2D eigenvalue weighted by atomic mass is 9.99. The molecule has 29 heavy (non-hydrogen) atoms. The molecule has 0 radical (unpaired) electrons. The maximum absolute atomic E-state index is 13.2. The highest BCUT2D eigenvalue weighted by atomic mass is 32.2. The number of carbonyl (C=O) groups excluding carboxylic acids is 1. The Bertz CT molecular complexity index is 841. The van der Waals surface area contributed by atoms with E-state index in [4.69, 9.17) is 5.73 Å². The van der Waals surface area contributed by atoms with Gasteiger partial charge in [0.2, 0.25) is 0 Å². The Kier molecular flexibility index (Phi) is 5.87. The first-order valence-electron chi connectivity index (χ1n) is 10.5. The molecule has 3 fully saturated rings. The van der Waals surface area contributed by atoms with Gasteiger partial charge in [0.25, 0.3) is 16.1 Å². The molecule has 4 heterocycles. The molecule has 3 N–H and O–H groups in total. The first-order valence-corrected chi connectivity index (χ1v) is 11.9. The molecular weight excluding hydrogens is 392 g/mol. The van der Waals surface area contributed by atoms with Crippen molar-refractivity contribution in [3.8, 4) is 0 Å². The van der Waals surface area contributed by atoms with Crippen LogP contribution in [0.4, 0.5) is 0 Å². The minimum absolute atomic E-state index is 0.0479. The summed E-state index contributed by atoms with van der Waals surface area (Å²) in [6.45, 7) is 2.99. The van der Waals surface area contributed by atoms with Crippen LogP contribution in [0.3, 0.4) is 0 Å². The zero-order chi connectivity index (χ0) is 20.6. The van der Waals surface area contributed by atoms with E-state index in [0.717, 1.165) is 24.8 Å². The standard InChI is InChI=1S/C19H30N6O3S/c1-2-13-9-18(23-21-12-13)19(26)22-15-10-16-3-4-17(11-15)25(16)29(27,28)24-7-5-14(20)6-8-24/h9,12,14-17H,2-8,10-11,20H2,1H3,(H,22,26)/t15-,16-,17+. The van der Waals surface area contributed by atoms with Crippen molar-refractivity contribution in [1.29, 1.82) is 0 Å². The molecule has 1 aromatic rings. The van der Waals surface area contributed by atoms with Crippen molar-refractivity contribution in [3.05, 3.63) is 23.5 Å². The first kappa shape index (κ1) is 20.6. The lowest BCUT2D eigenvalue weighted by Crippen LogP contribution is -2.57. The summed E-state index contributed by atoms with van der Waals surface area (Å²) in [4.78, 5) is 12.6. The monoisotopic (exact) mass is 422 g/mol. The van der Waals surface area contributed by atoms with Crippen molar-refractivity contribution in [1.82, 2.24) is 24.1 Å². The number of amides is 1. The fourth-order valence-corrected chi connectivity index (χ4v) is 6.91. The summed E-state index contributed by atoms with van der Waals surface area (Å²) in [7, 11) is -3.48. The zero-order valence-electron chi connectivity index (χ0n) is 16.8. The number of hydrogen-bond acceptors (Lipinski definition) is 6. The predicted molar refractivity (Wildman–Crippen MR) is 108 cm³/mol. The van der Waals surface area contributed by atoms with Crippen LogP contribution < -0.4 is 11.1 Å². The van der Waals surface area contributed by atoms with Crippen molar-refractivity contribution >= 4 is 16.1 Å². The highest BCUT2D eigenvalue weighted by Gasteiger charge is 2.49. The molecule has 4 rings (SSSR count). The van der Waals surface area contributed by atoms with E-state index in [2.05, 4.69) is 15.5 Å². The van der Waals surface area contributed by atoms with Crippen LogP contribution in [0.1, 0.15) is 61.5 Å². The van der Waals surface area contributed by atoms with Gasteiger partial charge >= 0.3 is 0 Å². The highest BCUT2D eigenvalue weighted by molar-refractivity contribution is 7.86. The molecule has 3 aliphatic heterocycles. The second-order valence-electron chi connectivity index (χ2n) is 8.40. The third kappa shape index (κ3) is 4.16. The van der Waals surface area contributed by atoms with E-state index in [1.807, 2.05) is 6.92 Å². The third-order valence-electron chi connectivity index (χ3n) is 6.44. The number of fused-ring (bicyclic) bond motifs is 2. The number of piperidine rings is 2. The van der Waals surface area contributed by atoms with Crippen molar-refractivity contribution in [2.75, 3.05) is 13.1 Å². The van der Waals surface area contributed by atoms with Gasteiger partial charge in [-0.05, 0) is 56.6 Å². The van der Waals surface area contributed by atoms with Crippen LogP contribution in [-0.4, -0.2) is 70.4 Å². The fraction of sp³-hybridized carbons (Fsp3) is 0.737. The highest BCUT2D eigenvalue weighted by Crippen LogP contribution is 2.39. The summed E-state index contributed by atoms with van der Waals surface area (Å²) < 4.78 is 29.8. The number of nitrogens with one attached hydrogen (secondary N) is 1. The van der Waals surface area contributed by atoms with Crippen molar-refractivity contribution < 1.29 is 13.2 Å². The molecule has 0 aromatic carbocycles. The first-order chi connectivity index (χ1) is 13.9. The van der Waals surface area contributed by atoms with Crippen molar-refractivity contribution in [2.45, 2.75) is 76.0 Å². The van der Waals surface area contributed by atoms with Crippen LogP contribution in [0.25, 0.3) is 0 Å². The summed E-state index contributed by atoms with van der Waals surface area (Å²) in [5, 5.41) is 10.9. The van der Waals surface area contributed by atoms with E-state index in [9.17, 15) is 13.2 Å². The van der Waals surface area contributed by atoms with Gasteiger partial charge < -0.3 is 11.1 Å². The average Bonchev–Trinajstić information content (AvgIpc) is 3.00. The molecular formula is C19H30N6O3S. The normalized spacial score (nSPS) is 29.1. The lowest BCUT2D eigenvalue weighted by Gasteiger charge is -2.41. The van der Waals surface area contributed by atoms with Gasteiger partial charge in [-0.2, -0.15) is 22.1 Å². The quantitative estimate of drug-likeness (QED) is 0.710. The van der Waals surface area contributed by atoms with Gasteiger partial charge in [0.15, 0.2) is 5.69 Å². The van der Waals surface area contributed by atoms with Crippen LogP contribution in [0.5, 0.6) is 0 Å². The second-order valence-corrected chi connectivity index (χ2v) is 10.2. The molecule has 0 aliphatic carbocycles. The van der Waals surface area contributed by atoms with Gasteiger partial charge in [0, 0.05) is 37.3 Å². The summed E-state index contributed by atoms with van der Waals surface area (Å²) in [5.41, 5.74) is 7.21. The Labute approximate surface area is 172 Å². The van der Waals surface area contributed by atoms with E-state index >= 15 is 0 Å². The zero-order valence-corrected chi connectivity index (χ0v) is 17.6. The average molecular weight is 423 g/mol. The van der Waals surface area contributed by atoms with E-state index in [1.165, 1.54) is 0 Å². The van der Waals surface area contributed by atoms with E-state index in [-0.39, 0.29) is 30.1 Å².